The van der Waals surface area contributed by atoms with Crippen LogP contribution >= 0.6 is 11.3 Å². The molecular weight excluding hydrogens is 496 g/mol. The molecule has 190 valence electrons. The fourth-order valence-electron chi connectivity index (χ4n) is 3.83. The first-order valence-electron chi connectivity index (χ1n) is 10.2. The number of amides is 1. The number of carbonyl (C=O) groups excluding carboxylic acids is 1. The number of rotatable bonds is 5. The minimum absolute atomic E-state index is 0.111. The summed E-state index contributed by atoms with van der Waals surface area (Å²) < 4.78 is 81.5. The van der Waals surface area contributed by atoms with Crippen molar-refractivity contribution in [2.75, 3.05) is 19.7 Å². The minimum atomic E-state index is -5.22. The smallest absolute Gasteiger partial charge is 0.393 e. The van der Waals surface area contributed by atoms with E-state index in [1.54, 1.807) is 0 Å². The van der Waals surface area contributed by atoms with Crippen molar-refractivity contribution in [3.05, 3.63) is 31.3 Å². The highest BCUT2D eigenvalue weighted by Crippen LogP contribution is 2.42. The van der Waals surface area contributed by atoms with Crippen molar-refractivity contribution in [1.82, 2.24) is 14.0 Å². The largest absolute Gasteiger partial charge is 0.418 e. The van der Waals surface area contributed by atoms with E-state index in [0.717, 1.165) is 4.90 Å². The highest BCUT2D eigenvalue weighted by Gasteiger charge is 2.44. The molecule has 0 bridgehead atoms. The zero-order chi connectivity index (χ0) is 25.6. The number of fused-ring (bicyclic) bond motifs is 1. The molecule has 15 heteroatoms. The fourth-order valence-corrected chi connectivity index (χ4v) is 5.13. The maximum absolute atomic E-state index is 14.1. The van der Waals surface area contributed by atoms with Gasteiger partial charge in [-0.25, -0.2) is 4.79 Å². The number of hydrogen-bond acceptors (Lipinski definition) is 6. The van der Waals surface area contributed by atoms with Gasteiger partial charge in [0.05, 0.1) is 29.6 Å². The van der Waals surface area contributed by atoms with Crippen LogP contribution in [0.15, 0.2) is 9.59 Å². The first kappa shape index (κ1) is 26.2. The van der Waals surface area contributed by atoms with E-state index in [1.807, 2.05) is 0 Å². The SMILES string of the molecule is CCn1c(=O)c2c(C(F)(F)F)c(C(=O)N3CCC(O)(CO)CC3)sc2n(CCC(F)(F)F)c1=O. The summed E-state index contributed by atoms with van der Waals surface area (Å²) in [4.78, 5) is 37.9. The summed E-state index contributed by atoms with van der Waals surface area (Å²) in [6, 6.07) is 0. The van der Waals surface area contributed by atoms with Crippen molar-refractivity contribution in [1.29, 1.82) is 0 Å². The molecule has 2 aromatic rings. The van der Waals surface area contributed by atoms with Crippen LogP contribution in [0.4, 0.5) is 26.3 Å². The zero-order valence-corrected chi connectivity index (χ0v) is 18.6. The summed E-state index contributed by atoms with van der Waals surface area (Å²) in [5.41, 5.74) is -5.64. The molecule has 3 rings (SSSR count). The summed E-state index contributed by atoms with van der Waals surface area (Å²) in [7, 11) is 0. The maximum Gasteiger partial charge on any atom is 0.418 e. The highest BCUT2D eigenvalue weighted by atomic mass is 32.1. The molecule has 0 spiro atoms. The van der Waals surface area contributed by atoms with E-state index < -0.39 is 75.3 Å². The lowest BCUT2D eigenvalue weighted by Crippen LogP contribution is -2.48. The minimum Gasteiger partial charge on any atom is -0.393 e. The van der Waals surface area contributed by atoms with Gasteiger partial charge in [0, 0.05) is 26.2 Å². The lowest BCUT2D eigenvalue weighted by atomic mass is 9.92. The third-order valence-electron chi connectivity index (χ3n) is 5.74. The van der Waals surface area contributed by atoms with Gasteiger partial charge >= 0.3 is 18.0 Å². The number of carbonyl (C=O) groups is 1. The van der Waals surface area contributed by atoms with Crippen LogP contribution in [0.5, 0.6) is 0 Å². The number of likely N-dealkylation sites (tertiary alicyclic amines) is 1. The second kappa shape index (κ2) is 9.00. The van der Waals surface area contributed by atoms with E-state index >= 15 is 0 Å². The summed E-state index contributed by atoms with van der Waals surface area (Å²) in [6.45, 7) is -1.12. The molecular formula is C19H21F6N3O5S. The summed E-state index contributed by atoms with van der Waals surface area (Å²) in [6.07, 6.45) is -11.7. The Kier molecular flexibility index (Phi) is 6.94. The molecule has 0 atom stereocenters. The first-order valence-corrected chi connectivity index (χ1v) is 11.0. The van der Waals surface area contributed by atoms with Gasteiger partial charge in [-0.3, -0.25) is 18.7 Å². The van der Waals surface area contributed by atoms with Gasteiger partial charge in [0.1, 0.15) is 9.71 Å². The topological polar surface area (TPSA) is 105 Å². The van der Waals surface area contributed by atoms with E-state index in [0.29, 0.717) is 9.13 Å². The second-order valence-corrected chi connectivity index (χ2v) is 9.01. The highest BCUT2D eigenvalue weighted by molar-refractivity contribution is 7.20. The number of piperidine rings is 1. The van der Waals surface area contributed by atoms with Crippen molar-refractivity contribution in [3.8, 4) is 0 Å². The number of thiophene rings is 1. The quantitative estimate of drug-likeness (QED) is 0.592. The van der Waals surface area contributed by atoms with Crippen molar-refractivity contribution < 1.29 is 41.4 Å². The van der Waals surface area contributed by atoms with Crippen LogP contribution < -0.4 is 11.2 Å². The van der Waals surface area contributed by atoms with Gasteiger partial charge in [-0.2, -0.15) is 26.3 Å². The molecule has 1 fully saturated rings. The number of aliphatic hydroxyl groups excluding tert-OH is 1. The lowest BCUT2D eigenvalue weighted by molar-refractivity contribution is -0.137. The number of nitrogens with zero attached hydrogens (tertiary/aromatic N) is 3. The molecule has 0 radical (unpaired) electrons. The van der Waals surface area contributed by atoms with E-state index in [-0.39, 0.29) is 43.8 Å². The van der Waals surface area contributed by atoms with Crippen LogP contribution in [0, 0.1) is 0 Å². The predicted molar refractivity (Wildman–Crippen MR) is 109 cm³/mol. The number of hydrogen-bond donors (Lipinski definition) is 2. The Morgan fingerprint density at radius 2 is 1.68 bits per heavy atom. The molecule has 1 saturated heterocycles. The van der Waals surface area contributed by atoms with Gasteiger partial charge in [-0.05, 0) is 19.8 Å². The molecule has 0 aliphatic carbocycles. The second-order valence-electron chi connectivity index (χ2n) is 8.01. The van der Waals surface area contributed by atoms with Crippen molar-refractivity contribution >= 4 is 27.5 Å². The molecule has 0 aromatic carbocycles. The van der Waals surface area contributed by atoms with E-state index in [4.69, 9.17) is 0 Å². The average molecular weight is 517 g/mol. The molecule has 8 nitrogen and oxygen atoms in total. The Bertz CT molecular complexity index is 1200. The van der Waals surface area contributed by atoms with Crippen LogP contribution in [0.1, 0.15) is 41.4 Å². The van der Waals surface area contributed by atoms with Crippen LogP contribution in [0.25, 0.3) is 10.2 Å². The van der Waals surface area contributed by atoms with Gasteiger partial charge in [-0.1, -0.05) is 0 Å². The Hall–Kier alpha value is -2.39. The number of halogens is 6. The van der Waals surface area contributed by atoms with Gasteiger partial charge in [0.25, 0.3) is 11.5 Å². The van der Waals surface area contributed by atoms with Gasteiger partial charge in [0.15, 0.2) is 0 Å². The molecule has 0 unspecified atom stereocenters. The summed E-state index contributed by atoms with van der Waals surface area (Å²) >= 11 is 0.142. The van der Waals surface area contributed by atoms with Crippen molar-refractivity contribution in [3.63, 3.8) is 0 Å². The molecule has 3 heterocycles. The van der Waals surface area contributed by atoms with E-state index in [2.05, 4.69) is 0 Å². The molecule has 0 saturated carbocycles. The van der Waals surface area contributed by atoms with Crippen molar-refractivity contribution in [2.45, 2.75) is 57.2 Å². The van der Waals surface area contributed by atoms with Crippen LogP contribution in [-0.2, 0) is 19.3 Å². The molecule has 1 aliphatic heterocycles. The Morgan fingerprint density at radius 3 is 2.15 bits per heavy atom. The molecule has 1 aliphatic rings. The molecule has 34 heavy (non-hydrogen) atoms. The number of aliphatic hydroxyl groups is 2. The van der Waals surface area contributed by atoms with Crippen molar-refractivity contribution in [2.24, 2.45) is 0 Å². The standard InChI is InChI=1S/C19H21F6N3O5S/c1-2-27-13(30)10-11(19(23,24)25)12(14(31)26-6-3-17(33,9-29)4-7-26)34-15(10)28(16(27)32)8-5-18(20,21)22/h29,33H,2-9H2,1H3. The Labute approximate surface area is 191 Å². The number of aromatic nitrogens is 2. The summed E-state index contributed by atoms with van der Waals surface area (Å²) in [5.74, 6) is -1.13. The molecule has 2 N–H and O–H groups in total. The van der Waals surface area contributed by atoms with E-state index in [1.165, 1.54) is 6.92 Å². The van der Waals surface area contributed by atoms with E-state index in [9.17, 15) is 50.9 Å². The molecule has 1 amide bonds. The average Bonchev–Trinajstić information content (AvgIpc) is 3.14. The summed E-state index contributed by atoms with van der Waals surface area (Å²) in [5, 5.41) is 18.3. The monoisotopic (exact) mass is 517 g/mol. The lowest BCUT2D eigenvalue weighted by Gasteiger charge is -2.36. The normalized spacial score (nSPS) is 16.9. The number of alkyl halides is 6. The molecule has 2 aromatic heterocycles. The third-order valence-corrected chi connectivity index (χ3v) is 6.94. The third kappa shape index (κ3) is 4.86. The van der Waals surface area contributed by atoms with Crippen LogP contribution in [0.3, 0.4) is 0 Å². The fraction of sp³-hybridized carbons (Fsp3) is 0.632. The van der Waals surface area contributed by atoms with Gasteiger partial charge in [0.2, 0.25) is 0 Å². The predicted octanol–water partition coefficient (Wildman–Crippen LogP) is 2.18. The Morgan fingerprint density at radius 1 is 1.09 bits per heavy atom. The van der Waals surface area contributed by atoms with Gasteiger partial charge < -0.3 is 15.1 Å². The maximum atomic E-state index is 14.1. The first-order chi connectivity index (χ1) is 15.6. The van der Waals surface area contributed by atoms with Gasteiger partial charge in [-0.15, -0.1) is 11.3 Å². The van der Waals surface area contributed by atoms with Crippen LogP contribution in [-0.4, -0.2) is 61.6 Å². The Balaban J connectivity index is 2.23. The van der Waals surface area contributed by atoms with Crippen LogP contribution in [0.2, 0.25) is 0 Å². The number of aryl methyl sites for hydroxylation is 1. The zero-order valence-electron chi connectivity index (χ0n) is 17.8.